The zero-order valence-electron chi connectivity index (χ0n) is 18.4. The summed E-state index contributed by atoms with van der Waals surface area (Å²) in [6.07, 6.45) is 1.37. The van der Waals surface area contributed by atoms with E-state index in [1.165, 1.54) is 24.4 Å². The number of aromatic nitrogens is 3. The summed E-state index contributed by atoms with van der Waals surface area (Å²) in [4.78, 5) is 26.0. The van der Waals surface area contributed by atoms with Crippen molar-refractivity contribution in [2.75, 3.05) is 41.9 Å². The number of nitro benzene ring substituents is 1. The number of ether oxygens (including phenoxy) is 1. The van der Waals surface area contributed by atoms with Crippen molar-refractivity contribution in [3.05, 3.63) is 67.1 Å². The van der Waals surface area contributed by atoms with Crippen molar-refractivity contribution in [2.24, 2.45) is 5.10 Å². The first-order valence-corrected chi connectivity index (χ1v) is 11.4. The third kappa shape index (κ3) is 6.98. The van der Waals surface area contributed by atoms with E-state index in [4.69, 9.17) is 16.3 Å². The van der Waals surface area contributed by atoms with Crippen molar-refractivity contribution in [3.63, 3.8) is 0 Å². The largest absolute Gasteiger partial charge is 0.378 e. The van der Waals surface area contributed by atoms with Gasteiger partial charge in [0.15, 0.2) is 0 Å². The van der Waals surface area contributed by atoms with Gasteiger partial charge in [0.2, 0.25) is 17.8 Å². The highest BCUT2D eigenvalue weighted by Gasteiger charge is 2.17. The normalized spacial score (nSPS) is 13.4. The maximum Gasteiger partial charge on any atom is 0.270 e. The second-order valence-electron chi connectivity index (χ2n) is 7.32. The molecule has 0 bridgehead atoms. The number of halogens is 3. The van der Waals surface area contributed by atoms with Gasteiger partial charge in [0.05, 0.1) is 30.0 Å². The molecule has 0 radical (unpaired) electrons. The number of non-ortho nitro benzene ring substituents is 1. The van der Waals surface area contributed by atoms with Crippen LogP contribution in [0.1, 0.15) is 11.1 Å². The smallest absolute Gasteiger partial charge is 0.270 e. The summed E-state index contributed by atoms with van der Waals surface area (Å²) < 4.78 is 6.29. The van der Waals surface area contributed by atoms with Crippen LogP contribution in [0.25, 0.3) is 0 Å². The van der Waals surface area contributed by atoms with Crippen LogP contribution >= 0.6 is 39.9 Å². The second kappa shape index (κ2) is 12.1. The fourth-order valence-electron chi connectivity index (χ4n) is 3.12. The van der Waals surface area contributed by atoms with Gasteiger partial charge >= 0.3 is 0 Å². The first kappa shape index (κ1) is 26.5. The Bertz CT molecular complexity index is 1240. The first-order valence-electron chi connectivity index (χ1n) is 10.2. The summed E-state index contributed by atoms with van der Waals surface area (Å²) in [6.45, 7) is 4.43. The summed E-state index contributed by atoms with van der Waals surface area (Å²) in [7, 11) is 0. The monoisotopic (exact) mass is 582 g/mol. The van der Waals surface area contributed by atoms with Crippen molar-refractivity contribution >= 4 is 75.4 Å². The molecule has 11 nitrogen and oxygen atoms in total. The third-order valence-corrected chi connectivity index (χ3v) is 5.85. The lowest BCUT2D eigenvalue weighted by Gasteiger charge is -2.27. The molecule has 0 spiro atoms. The number of anilines is 4. The molecule has 14 heteroatoms. The summed E-state index contributed by atoms with van der Waals surface area (Å²) in [6, 6.07) is 9.99. The van der Waals surface area contributed by atoms with Crippen molar-refractivity contribution in [3.8, 4) is 0 Å². The highest BCUT2D eigenvalue weighted by Crippen LogP contribution is 2.27. The summed E-state index contributed by atoms with van der Waals surface area (Å²) in [5, 5.41) is 18.7. The Kier molecular flexibility index (Phi) is 9.15. The van der Waals surface area contributed by atoms with Crippen LogP contribution < -0.4 is 15.6 Å². The number of benzene rings is 2. The molecule has 4 rings (SSSR count). The Morgan fingerprint density at radius 2 is 1.91 bits per heavy atom. The van der Waals surface area contributed by atoms with Crippen molar-refractivity contribution in [1.82, 2.24) is 15.0 Å². The second-order valence-corrected chi connectivity index (χ2v) is 8.58. The Morgan fingerprint density at radius 3 is 2.63 bits per heavy atom. The minimum Gasteiger partial charge on any atom is -0.378 e. The van der Waals surface area contributed by atoms with Gasteiger partial charge in [0, 0.05) is 40.3 Å². The molecular weight excluding hydrogens is 563 g/mol. The molecule has 0 atom stereocenters. The lowest BCUT2D eigenvalue weighted by molar-refractivity contribution is -0.384. The van der Waals surface area contributed by atoms with Crippen molar-refractivity contribution < 1.29 is 9.66 Å². The number of hydrogen-bond donors (Lipinski definition) is 2. The SMILES string of the molecule is Cc1ccc(Nc2nc(NN=Cc3cc([N+](=O)[O-])ccc3Cl)nc(N3CCOCC3)n2)c(Br)c1.Cl. The average molecular weight is 584 g/mol. The van der Waals surface area contributed by atoms with E-state index >= 15 is 0 Å². The third-order valence-electron chi connectivity index (χ3n) is 4.85. The van der Waals surface area contributed by atoms with Crippen LogP contribution in [0.2, 0.25) is 5.02 Å². The predicted octanol–water partition coefficient (Wildman–Crippen LogP) is 4.95. The predicted molar refractivity (Wildman–Crippen MR) is 142 cm³/mol. The van der Waals surface area contributed by atoms with Gasteiger partial charge in [0.25, 0.3) is 5.69 Å². The molecule has 1 aliphatic heterocycles. The van der Waals surface area contributed by atoms with E-state index in [1.54, 1.807) is 0 Å². The molecule has 2 aromatic carbocycles. The molecule has 0 amide bonds. The van der Waals surface area contributed by atoms with Crippen molar-refractivity contribution in [2.45, 2.75) is 6.92 Å². The zero-order valence-corrected chi connectivity index (χ0v) is 21.6. The number of nitro groups is 1. The van der Waals surface area contributed by atoms with Crippen LogP contribution in [-0.4, -0.2) is 52.4 Å². The van der Waals surface area contributed by atoms with E-state index in [-0.39, 0.29) is 24.0 Å². The molecule has 0 saturated carbocycles. The summed E-state index contributed by atoms with van der Waals surface area (Å²) >= 11 is 9.68. The topological polar surface area (TPSA) is 131 Å². The highest BCUT2D eigenvalue weighted by atomic mass is 79.9. The minimum atomic E-state index is -0.497. The number of aryl methyl sites for hydroxylation is 1. The number of nitrogens with one attached hydrogen (secondary N) is 2. The summed E-state index contributed by atoms with van der Waals surface area (Å²) in [5.74, 6) is 0.988. The van der Waals surface area contributed by atoms with E-state index in [2.05, 4.69) is 46.7 Å². The van der Waals surface area contributed by atoms with Gasteiger partial charge in [-0.2, -0.15) is 20.1 Å². The molecule has 1 aliphatic rings. The summed E-state index contributed by atoms with van der Waals surface area (Å²) in [5.41, 5.74) is 4.97. The maximum atomic E-state index is 11.0. The molecule has 0 unspecified atom stereocenters. The Morgan fingerprint density at radius 1 is 1.17 bits per heavy atom. The molecule has 1 fully saturated rings. The van der Waals surface area contributed by atoms with Gasteiger partial charge in [-0.25, -0.2) is 5.43 Å². The lowest BCUT2D eigenvalue weighted by Crippen LogP contribution is -2.37. The maximum absolute atomic E-state index is 11.0. The molecule has 2 heterocycles. The molecule has 0 aliphatic carbocycles. The number of rotatable bonds is 7. The van der Waals surface area contributed by atoms with Gasteiger partial charge in [-0.15, -0.1) is 12.4 Å². The molecule has 1 saturated heterocycles. The fourth-order valence-corrected chi connectivity index (χ4v) is 3.88. The molecular formula is C21H21BrCl2N8O3. The van der Waals surface area contributed by atoms with E-state index < -0.39 is 4.92 Å². The molecule has 3 aromatic rings. The van der Waals surface area contributed by atoms with Crippen LogP contribution in [0.5, 0.6) is 0 Å². The van der Waals surface area contributed by atoms with Crippen LogP contribution in [-0.2, 0) is 4.74 Å². The van der Waals surface area contributed by atoms with E-state index in [9.17, 15) is 10.1 Å². The number of nitrogens with zero attached hydrogens (tertiary/aromatic N) is 6. The lowest BCUT2D eigenvalue weighted by atomic mass is 10.2. The average Bonchev–Trinajstić information content (AvgIpc) is 2.82. The minimum absolute atomic E-state index is 0. The van der Waals surface area contributed by atoms with Crippen LogP contribution in [0.15, 0.2) is 46.0 Å². The van der Waals surface area contributed by atoms with E-state index in [0.717, 1.165) is 15.7 Å². The van der Waals surface area contributed by atoms with Gasteiger partial charge in [-0.05, 0) is 46.6 Å². The van der Waals surface area contributed by atoms with Gasteiger partial charge in [0.1, 0.15) is 0 Å². The standard InChI is InChI=1S/C21H20BrClN8O3.ClH/c1-13-2-5-18(16(22)10-13)25-19-26-20(28-21(27-19)30-6-8-34-9-7-30)29-24-12-14-11-15(31(32)33)3-4-17(14)23;/h2-5,10-12H,6-9H2,1H3,(H2,25,26,27,28,29);1H. The van der Waals surface area contributed by atoms with Crippen LogP contribution in [0.3, 0.4) is 0 Å². The fraction of sp³-hybridized carbons (Fsp3) is 0.238. The van der Waals surface area contributed by atoms with E-state index in [1.807, 2.05) is 30.0 Å². The number of hydrogen-bond acceptors (Lipinski definition) is 10. The molecule has 1 aromatic heterocycles. The Balaban J connectivity index is 0.00000342. The number of hydrazone groups is 1. The number of morpholine rings is 1. The van der Waals surface area contributed by atoms with Gasteiger partial charge in [-0.1, -0.05) is 17.7 Å². The van der Waals surface area contributed by atoms with Crippen LogP contribution in [0.4, 0.5) is 29.2 Å². The highest BCUT2D eigenvalue weighted by molar-refractivity contribution is 9.10. The van der Waals surface area contributed by atoms with Gasteiger partial charge < -0.3 is 15.0 Å². The van der Waals surface area contributed by atoms with Crippen LogP contribution in [0, 0.1) is 17.0 Å². The first-order chi connectivity index (χ1) is 16.4. The quantitative estimate of drug-likeness (QED) is 0.225. The zero-order chi connectivity index (χ0) is 24.1. The molecule has 2 N–H and O–H groups in total. The molecule has 35 heavy (non-hydrogen) atoms. The Hall–Kier alpha value is -3.06. The Labute approximate surface area is 220 Å². The van der Waals surface area contributed by atoms with Crippen molar-refractivity contribution in [1.29, 1.82) is 0 Å². The van der Waals surface area contributed by atoms with Gasteiger partial charge in [-0.3, -0.25) is 10.1 Å². The van der Waals surface area contributed by atoms with E-state index in [0.29, 0.717) is 48.8 Å². The molecule has 184 valence electrons.